The molecular weight excluding hydrogens is 428 g/mol. The van der Waals surface area contributed by atoms with E-state index in [1.807, 2.05) is 71.3 Å². The highest BCUT2D eigenvalue weighted by Crippen LogP contribution is 2.33. The van der Waals surface area contributed by atoms with E-state index < -0.39 is 0 Å². The van der Waals surface area contributed by atoms with E-state index in [9.17, 15) is 9.59 Å². The molecule has 2 amide bonds. The molecule has 34 heavy (non-hydrogen) atoms. The Labute approximate surface area is 200 Å². The van der Waals surface area contributed by atoms with Gasteiger partial charge in [-0.05, 0) is 48.4 Å². The van der Waals surface area contributed by atoms with Crippen molar-refractivity contribution in [2.45, 2.75) is 26.4 Å². The Morgan fingerprint density at radius 3 is 2.59 bits per heavy atom. The Kier molecular flexibility index (Phi) is 7.11. The van der Waals surface area contributed by atoms with Gasteiger partial charge < -0.3 is 19.9 Å². The van der Waals surface area contributed by atoms with Gasteiger partial charge in [-0.15, -0.1) is 0 Å². The standard InChI is InChI=1S/C27H30N4O3/c1-19-8-9-22(16-24(19)29-17-21-10-12-28-13-11-21)27(33)30-14-15-31(20(2)32)25(18-30)23-6-4-5-7-26(23)34-3/h4-13,16,25,29H,14-15,17-18H2,1-3H3. The highest BCUT2D eigenvalue weighted by Gasteiger charge is 2.34. The third-order valence-electron chi connectivity index (χ3n) is 6.29. The van der Waals surface area contributed by atoms with E-state index in [-0.39, 0.29) is 17.9 Å². The molecule has 7 nitrogen and oxygen atoms in total. The summed E-state index contributed by atoms with van der Waals surface area (Å²) in [5.74, 6) is 0.655. The van der Waals surface area contributed by atoms with Crippen molar-refractivity contribution in [3.05, 3.63) is 89.2 Å². The average molecular weight is 459 g/mol. The molecule has 1 unspecified atom stereocenters. The molecule has 1 saturated heterocycles. The lowest BCUT2D eigenvalue weighted by molar-refractivity contribution is -0.133. The first kappa shape index (κ1) is 23.3. The second kappa shape index (κ2) is 10.4. The highest BCUT2D eigenvalue weighted by atomic mass is 16.5. The van der Waals surface area contributed by atoms with E-state index in [2.05, 4.69) is 10.3 Å². The number of nitrogens with zero attached hydrogens (tertiary/aromatic N) is 3. The van der Waals surface area contributed by atoms with Crippen LogP contribution in [0.5, 0.6) is 5.75 Å². The number of hydrogen-bond acceptors (Lipinski definition) is 5. The number of carbonyl (C=O) groups excluding carboxylic acids is 2. The molecule has 1 aliphatic heterocycles. The van der Waals surface area contributed by atoms with Gasteiger partial charge in [0, 0.05) is 62.3 Å². The number of piperazine rings is 1. The zero-order valence-electron chi connectivity index (χ0n) is 19.8. The second-order valence-electron chi connectivity index (χ2n) is 8.46. The summed E-state index contributed by atoms with van der Waals surface area (Å²) in [4.78, 5) is 33.6. The van der Waals surface area contributed by atoms with Crippen molar-refractivity contribution < 1.29 is 14.3 Å². The summed E-state index contributed by atoms with van der Waals surface area (Å²) < 4.78 is 5.55. The number of ether oxygens (including phenoxy) is 1. The van der Waals surface area contributed by atoms with Gasteiger partial charge in [0.15, 0.2) is 0 Å². The number of pyridine rings is 1. The number of aromatic nitrogens is 1. The number of methoxy groups -OCH3 is 1. The molecule has 0 saturated carbocycles. The summed E-state index contributed by atoms with van der Waals surface area (Å²) in [6.07, 6.45) is 3.53. The normalized spacial score (nSPS) is 15.7. The number of amides is 2. The summed E-state index contributed by atoms with van der Waals surface area (Å²) in [6, 6.07) is 17.1. The predicted octanol–water partition coefficient (Wildman–Crippen LogP) is 4.06. The lowest BCUT2D eigenvalue weighted by Crippen LogP contribution is -2.51. The van der Waals surface area contributed by atoms with E-state index in [0.29, 0.717) is 37.5 Å². The summed E-state index contributed by atoms with van der Waals surface area (Å²) >= 11 is 0. The van der Waals surface area contributed by atoms with Gasteiger partial charge in [0.25, 0.3) is 5.91 Å². The van der Waals surface area contributed by atoms with Crippen LogP contribution in [0.1, 0.15) is 40.0 Å². The lowest BCUT2D eigenvalue weighted by Gasteiger charge is -2.41. The quantitative estimate of drug-likeness (QED) is 0.603. The van der Waals surface area contributed by atoms with Crippen LogP contribution in [0, 0.1) is 6.92 Å². The van der Waals surface area contributed by atoms with Gasteiger partial charge in [-0.1, -0.05) is 24.3 Å². The zero-order chi connectivity index (χ0) is 24.1. The fraction of sp³-hybridized carbons (Fsp3) is 0.296. The van der Waals surface area contributed by atoms with Gasteiger partial charge in [-0.3, -0.25) is 14.6 Å². The van der Waals surface area contributed by atoms with Crippen molar-refractivity contribution in [3.63, 3.8) is 0 Å². The fourth-order valence-corrected chi connectivity index (χ4v) is 4.38. The first-order valence-electron chi connectivity index (χ1n) is 11.4. The predicted molar refractivity (Wildman–Crippen MR) is 132 cm³/mol. The summed E-state index contributed by atoms with van der Waals surface area (Å²) in [6.45, 7) is 5.61. The van der Waals surface area contributed by atoms with Crippen LogP contribution >= 0.6 is 0 Å². The van der Waals surface area contributed by atoms with Crippen molar-refractivity contribution in [1.82, 2.24) is 14.8 Å². The number of aryl methyl sites for hydroxylation is 1. The number of carbonyl (C=O) groups is 2. The van der Waals surface area contributed by atoms with Crippen LogP contribution in [0.4, 0.5) is 5.69 Å². The number of para-hydroxylation sites is 1. The number of rotatable bonds is 6. The molecule has 4 rings (SSSR count). The van der Waals surface area contributed by atoms with Crippen LogP contribution < -0.4 is 10.1 Å². The molecule has 0 aliphatic carbocycles. The van der Waals surface area contributed by atoms with Crippen molar-refractivity contribution in [1.29, 1.82) is 0 Å². The molecule has 7 heteroatoms. The molecule has 1 fully saturated rings. The van der Waals surface area contributed by atoms with Crippen molar-refractivity contribution in [2.75, 3.05) is 32.1 Å². The van der Waals surface area contributed by atoms with Crippen LogP contribution in [-0.4, -0.2) is 53.3 Å². The molecule has 0 spiro atoms. The Balaban J connectivity index is 1.55. The number of hydrogen-bond donors (Lipinski definition) is 1. The monoisotopic (exact) mass is 458 g/mol. The van der Waals surface area contributed by atoms with Crippen LogP contribution in [0.25, 0.3) is 0 Å². The lowest BCUT2D eigenvalue weighted by atomic mass is 10.00. The Bertz CT molecular complexity index is 1170. The van der Waals surface area contributed by atoms with Gasteiger partial charge in [0.05, 0.1) is 13.2 Å². The first-order valence-corrected chi connectivity index (χ1v) is 11.4. The molecule has 3 aromatic rings. The third kappa shape index (κ3) is 5.03. The van der Waals surface area contributed by atoms with Crippen LogP contribution in [-0.2, 0) is 11.3 Å². The second-order valence-corrected chi connectivity index (χ2v) is 8.46. The Morgan fingerprint density at radius 2 is 1.85 bits per heavy atom. The van der Waals surface area contributed by atoms with E-state index in [1.165, 1.54) is 0 Å². The minimum Gasteiger partial charge on any atom is -0.496 e. The smallest absolute Gasteiger partial charge is 0.254 e. The molecule has 1 aliphatic rings. The highest BCUT2D eigenvalue weighted by molar-refractivity contribution is 5.95. The molecule has 0 bridgehead atoms. The molecule has 1 aromatic heterocycles. The molecule has 0 radical (unpaired) electrons. The van der Waals surface area contributed by atoms with Gasteiger partial charge in [-0.2, -0.15) is 0 Å². The van der Waals surface area contributed by atoms with Crippen LogP contribution in [0.3, 0.4) is 0 Å². The molecule has 1 atom stereocenters. The topological polar surface area (TPSA) is 74.8 Å². The van der Waals surface area contributed by atoms with Crippen molar-refractivity contribution in [2.24, 2.45) is 0 Å². The van der Waals surface area contributed by atoms with E-state index in [0.717, 1.165) is 22.4 Å². The van der Waals surface area contributed by atoms with Crippen LogP contribution in [0.2, 0.25) is 0 Å². The van der Waals surface area contributed by atoms with E-state index in [4.69, 9.17) is 4.74 Å². The Morgan fingerprint density at radius 1 is 1.09 bits per heavy atom. The molecule has 2 heterocycles. The SMILES string of the molecule is COc1ccccc1C1CN(C(=O)c2ccc(C)c(NCc3ccncc3)c2)CCN1C(C)=O. The first-order chi connectivity index (χ1) is 16.5. The maximum absolute atomic E-state index is 13.5. The molecule has 2 aromatic carbocycles. The third-order valence-corrected chi connectivity index (χ3v) is 6.29. The maximum atomic E-state index is 13.5. The minimum absolute atomic E-state index is 0.0130. The fourth-order valence-electron chi connectivity index (χ4n) is 4.38. The van der Waals surface area contributed by atoms with E-state index in [1.54, 1.807) is 26.4 Å². The molecule has 1 N–H and O–H groups in total. The van der Waals surface area contributed by atoms with Gasteiger partial charge >= 0.3 is 0 Å². The van der Waals surface area contributed by atoms with Gasteiger partial charge in [-0.25, -0.2) is 0 Å². The molecular formula is C27H30N4O3. The van der Waals surface area contributed by atoms with Gasteiger partial charge in [0.2, 0.25) is 5.91 Å². The van der Waals surface area contributed by atoms with Gasteiger partial charge in [0.1, 0.15) is 5.75 Å². The van der Waals surface area contributed by atoms with Crippen molar-refractivity contribution >= 4 is 17.5 Å². The van der Waals surface area contributed by atoms with E-state index >= 15 is 0 Å². The summed E-state index contributed by atoms with van der Waals surface area (Å²) in [7, 11) is 1.62. The largest absolute Gasteiger partial charge is 0.496 e. The van der Waals surface area contributed by atoms with Crippen LogP contribution in [0.15, 0.2) is 67.0 Å². The maximum Gasteiger partial charge on any atom is 0.254 e. The summed E-state index contributed by atoms with van der Waals surface area (Å²) in [5, 5.41) is 3.43. The Hall–Kier alpha value is -3.87. The van der Waals surface area contributed by atoms with Crippen molar-refractivity contribution in [3.8, 4) is 5.75 Å². The summed E-state index contributed by atoms with van der Waals surface area (Å²) in [5.41, 5.74) is 4.63. The zero-order valence-corrected chi connectivity index (χ0v) is 19.8. The number of nitrogens with one attached hydrogen (secondary N) is 1. The number of anilines is 1. The number of benzene rings is 2. The average Bonchev–Trinajstić information content (AvgIpc) is 2.88. The minimum atomic E-state index is -0.263. The molecule has 176 valence electrons.